The summed E-state index contributed by atoms with van der Waals surface area (Å²) in [6.07, 6.45) is -2.47. The molecule has 8 heteroatoms. The Balaban J connectivity index is 0.000000293. The Morgan fingerprint density at radius 3 is 2.00 bits per heavy atom. The van der Waals surface area contributed by atoms with Gasteiger partial charge in [-0.05, 0) is 19.3 Å². The van der Waals surface area contributed by atoms with Crippen LogP contribution in [-0.4, -0.2) is 35.9 Å². The van der Waals surface area contributed by atoms with Crippen molar-refractivity contribution >= 4 is 11.9 Å². The fourth-order valence-corrected chi connectivity index (χ4v) is 0.965. The van der Waals surface area contributed by atoms with Crippen molar-refractivity contribution in [2.45, 2.75) is 31.5 Å². The van der Waals surface area contributed by atoms with Crippen molar-refractivity contribution in [1.82, 2.24) is 0 Å². The number of ether oxygens (including phenoxy) is 1. The fourth-order valence-electron chi connectivity index (χ4n) is 0.965. The lowest BCUT2D eigenvalue weighted by Gasteiger charge is -2.18. The van der Waals surface area contributed by atoms with Gasteiger partial charge in [0.05, 0.1) is 0 Å². The molecular weight excluding hydrogens is 231 g/mol. The van der Waals surface area contributed by atoms with Gasteiger partial charge in [0.2, 0.25) is 5.91 Å². The van der Waals surface area contributed by atoms with Crippen molar-refractivity contribution in [1.29, 1.82) is 0 Å². The van der Waals surface area contributed by atoms with E-state index in [0.29, 0.717) is 6.61 Å². The number of carboxylic acid groups (broad SMARTS) is 1. The second-order valence-corrected chi connectivity index (χ2v) is 3.06. The number of halogens is 3. The first kappa shape index (κ1) is 14.7. The van der Waals surface area contributed by atoms with Gasteiger partial charge in [-0.25, -0.2) is 4.79 Å². The number of rotatable bonds is 1. The molecule has 1 rings (SSSR count). The second kappa shape index (κ2) is 6.31. The normalized spacial score (nSPS) is 20.6. The minimum atomic E-state index is -5.08. The van der Waals surface area contributed by atoms with E-state index < -0.39 is 12.1 Å². The Bertz CT molecular complexity index is 248. The summed E-state index contributed by atoms with van der Waals surface area (Å²) in [5, 5.41) is 7.12. The molecule has 3 N–H and O–H groups in total. The maximum Gasteiger partial charge on any atom is 0.490 e. The van der Waals surface area contributed by atoms with Crippen molar-refractivity contribution in [3.05, 3.63) is 0 Å². The van der Waals surface area contributed by atoms with Crippen molar-refractivity contribution in [2.24, 2.45) is 5.73 Å². The first-order valence-electron chi connectivity index (χ1n) is 4.46. The Labute approximate surface area is 89.4 Å². The summed E-state index contributed by atoms with van der Waals surface area (Å²) in [5.74, 6) is -3.08. The number of alkyl halides is 3. The van der Waals surface area contributed by atoms with Gasteiger partial charge < -0.3 is 15.6 Å². The number of carboxylic acids is 1. The summed E-state index contributed by atoms with van der Waals surface area (Å²) in [4.78, 5) is 19.3. The highest BCUT2D eigenvalue weighted by molar-refractivity contribution is 5.78. The van der Waals surface area contributed by atoms with Crippen LogP contribution in [0, 0.1) is 0 Å². The largest absolute Gasteiger partial charge is 0.490 e. The molecular formula is C8H12F3NO4. The molecule has 0 saturated carbocycles. The highest BCUT2D eigenvalue weighted by Gasteiger charge is 2.38. The molecule has 0 aliphatic carbocycles. The zero-order valence-corrected chi connectivity index (χ0v) is 8.29. The number of amides is 1. The van der Waals surface area contributed by atoms with Gasteiger partial charge in [0.15, 0.2) is 0 Å². The highest BCUT2D eigenvalue weighted by atomic mass is 19.4. The predicted octanol–water partition coefficient (Wildman–Crippen LogP) is 0.674. The first-order chi connectivity index (χ1) is 7.25. The minimum Gasteiger partial charge on any atom is -0.475 e. The lowest BCUT2D eigenvalue weighted by molar-refractivity contribution is -0.192. The van der Waals surface area contributed by atoms with Crippen molar-refractivity contribution < 1.29 is 32.6 Å². The summed E-state index contributed by atoms with van der Waals surface area (Å²) < 4.78 is 36.8. The van der Waals surface area contributed by atoms with E-state index in [4.69, 9.17) is 20.4 Å². The SMILES string of the molecule is NC(=O)C1CCCCO1.O=C(O)C(F)(F)F. The molecule has 0 spiro atoms. The molecule has 1 heterocycles. The third-order valence-electron chi connectivity index (χ3n) is 1.74. The van der Waals surface area contributed by atoms with Gasteiger partial charge in [-0.1, -0.05) is 0 Å². The van der Waals surface area contributed by atoms with Crippen LogP contribution in [0.2, 0.25) is 0 Å². The van der Waals surface area contributed by atoms with Gasteiger partial charge in [0.1, 0.15) is 6.10 Å². The molecule has 1 fully saturated rings. The van der Waals surface area contributed by atoms with Crippen LogP contribution in [0.25, 0.3) is 0 Å². The van der Waals surface area contributed by atoms with E-state index >= 15 is 0 Å². The van der Waals surface area contributed by atoms with E-state index in [1.165, 1.54) is 0 Å². The molecule has 0 aromatic heterocycles. The maximum absolute atomic E-state index is 10.6. The van der Waals surface area contributed by atoms with E-state index in [-0.39, 0.29) is 12.0 Å². The van der Waals surface area contributed by atoms with Gasteiger partial charge in [0.25, 0.3) is 0 Å². The summed E-state index contributed by atoms with van der Waals surface area (Å²) >= 11 is 0. The Morgan fingerprint density at radius 2 is 1.81 bits per heavy atom. The Morgan fingerprint density at radius 1 is 1.31 bits per heavy atom. The minimum absolute atomic E-state index is 0.307. The van der Waals surface area contributed by atoms with E-state index in [1.807, 2.05) is 0 Å². The van der Waals surface area contributed by atoms with E-state index in [0.717, 1.165) is 19.3 Å². The monoisotopic (exact) mass is 243 g/mol. The quantitative estimate of drug-likeness (QED) is 0.708. The van der Waals surface area contributed by atoms with Crippen molar-refractivity contribution in [3.63, 3.8) is 0 Å². The van der Waals surface area contributed by atoms with Gasteiger partial charge in [0, 0.05) is 6.61 Å². The van der Waals surface area contributed by atoms with Crippen LogP contribution in [0.15, 0.2) is 0 Å². The molecule has 1 aliphatic heterocycles. The first-order valence-corrected chi connectivity index (χ1v) is 4.46. The van der Waals surface area contributed by atoms with E-state index in [1.54, 1.807) is 0 Å². The third-order valence-corrected chi connectivity index (χ3v) is 1.74. The van der Waals surface area contributed by atoms with Crippen molar-refractivity contribution in [2.75, 3.05) is 6.61 Å². The molecule has 1 amide bonds. The van der Waals surface area contributed by atoms with E-state index in [9.17, 15) is 18.0 Å². The van der Waals surface area contributed by atoms with Crippen LogP contribution >= 0.6 is 0 Å². The number of aliphatic carboxylic acids is 1. The van der Waals surface area contributed by atoms with Crippen molar-refractivity contribution in [3.8, 4) is 0 Å². The predicted molar refractivity (Wildman–Crippen MR) is 46.5 cm³/mol. The molecule has 0 aromatic rings. The maximum atomic E-state index is 10.6. The molecule has 94 valence electrons. The van der Waals surface area contributed by atoms with Gasteiger partial charge >= 0.3 is 12.1 Å². The Kier molecular flexibility index (Phi) is 5.79. The molecule has 1 atom stereocenters. The smallest absolute Gasteiger partial charge is 0.475 e. The molecule has 1 saturated heterocycles. The number of carbonyl (C=O) groups is 2. The summed E-state index contributed by atoms with van der Waals surface area (Å²) in [6, 6.07) is 0. The third kappa shape index (κ3) is 6.23. The standard InChI is InChI=1S/C6H11NO2.C2HF3O2/c7-6(8)5-3-1-2-4-9-5;3-2(4,5)1(6)7/h5H,1-4H2,(H2,7,8);(H,6,7). The van der Waals surface area contributed by atoms with Crippen LogP contribution in [0.4, 0.5) is 13.2 Å². The summed E-state index contributed by atoms with van der Waals surface area (Å²) in [6.45, 7) is 0.688. The van der Waals surface area contributed by atoms with Gasteiger partial charge in [-0.3, -0.25) is 4.79 Å². The lowest BCUT2D eigenvalue weighted by atomic mass is 10.1. The van der Waals surface area contributed by atoms with E-state index in [2.05, 4.69) is 0 Å². The van der Waals surface area contributed by atoms with Crippen LogP contribution in [0.5, 0.6) is 0 Å². The van der Waals surface area contributed by atoms with Gasteiger partial charge in [-0.15, -0.1) is 0 Å². The molecule has 16 heavy (non-hydrogen) atoms. The van der Waals surface area contributed by atoms with Crippen LogP contribution in [-0.2, 0) is 14.3 Å². The number of carbonyl (C=O) groups excluding carboxylic acids is 1. The van der Waals surface area contributed by atoms with Gasteiger partial charge in [-0.2, -0.15) is 13.2 Å². The molecule has 0 bridgehead atoms. The number of hydrogen-bond acceptors (Lipinski definition) is 3. The average Bonchev–Trinajstić information content (AvgIpc) is 2.18. The zero-order chi connectivity index (χ0) is 12.8. The number of nitrogens with two attached hydrogens (primary N) is 1. The number of hydrogen-bond donors (Lipinski definition) is 2. The molecule has 5 nitrogen and oxygen atoms in total. The van der Waals surface area contributed by atoms with Crippen LogP contribution < -0.4 is 5.73 Å². The Hall–Kier alpha value is -1.31. The molecule has 0 aromatic carbocycles. The lowest BCUT2D eigenvalue weighted by Crippen LogP contribution is -2.33. The molecule has 1 unspecified atom stereocenters. The molecule has 1 aliphatic rings. The average molecular weight is 243 g/mol. The molecule has 0 radical (unpaired) electrons. The highest BCUT2D eigenvalue weighted by Crippen LogP contribution is 2.13. The number of primary amides is 1. The van der Waals surface area contributed by atoms with Crippen LogP contribution in [0.1, 0.15) is 19.3 Å². The zero-order valence-electron chi connectivity index (χ0n) is 8.29. The van der Waals surface area contributed by atoms with Crippen LogP contribution in [0.3, 0.4) is 0 Å². The fraction of sp³-hybridized carbons (Fsp3) is 0.750. The summed E-state index contributed by atoms with van der Waals surface area (Å²) in [7, 11) is 0. The summed E-state index contributed by atoms with van der Waals surface area (Å²) in [5.41, 5.74) is 5.00. The topological polar surface area (TPSA) is 89.6 Å². The second-order valence-electron chi connectivity index (χ2n) is 3.06.